The van der Waals surface area contributed by atoms with E-state index in [2.05, 4.69) is 62.7 Å². The minimum Gasteiger partial charge on any atom is -0.716 e. The molecule has 71 nitrogen and oxygen atoms in total. The first-order valence-electron chi connectivity index (χ1n) is 28.1. The van der Waals surface area contributed by atoms with Crippen LogP contribution in [0, 0.1) is 0 Å². The first-order valence-corrected chi connectivity index (χ1v) is 48.1. The molecular weight excluding hydrogens is 2450 g/mol. The van der Waals surface area contributed by atoms with Gasteiger partial charge >= 0.3 is 473 Å². The second-order valence-corrected chi connectivity index (χ2v) is 35.8. The largest absolute Gasteiger partial charge is 1.00 e. The van der Waals surface area contributed by atoms with Crippen LogP contribution in [-0.2, 0) is 184 Å². The van der Waals surface area contributed by atoms with Gasteiger partial charge in [0.15, 0.2) is 69.7 Å². The van der Waals surface area contributed by atoms with Crippen molar-refractivity contribution in [2.24, 2.45) is 0 Å². The van der Waals surface area contributed by atoms with E-state index in [-0.39, 0.29) is 443 Å². The Hall–Kier alpha value is 4.06. The predicted octanol–water partition coefficient (Wildman–Crippen LogP) is -56.3. The van der Waals surface area contributed by atoms with Gasteiger partial charge in [-0.1, -0.05) is 0 Å². The molecule has 1 fully saturated rings. The molecule has 0 spiro atoms. The molecule has 1 saturated heterocycles. The van der Waals surface area contributed by atoms with Crippen LogP contribution >= 0.6 is 0 Å². The van der Waals surface area contributed by atoms with Crippen LogP contribution in [0.4, 0.5) is 0 Å². The van der Waals surface area contributed by atoms with Crippen LogP contribution in [-0.4, -0.2) is 262 Å². The molecule has 1 heterocycles. The number of benzene rings is 5. The van der Waals surface area contributed by atoms with Gasteiger partial charge in [-0.05, 0) is 0 Å². The second kappa shape index (κ2) is 64.5. The van der Waals surface area contributed by atoms with E-state index >= 15 is 4.79 Å². The SMILES string of the molecule is O=C(OC[C@H]1O[C@@H](OC(=O)c2cc(OS(=O)(=O)[O-])c(OS(=O)(=O)[O-])c(OS(=O)(=O)[O-])c2)[C@H](OC(=O)c2cc(OS(=O)(=O)[O-])c(OS(=O)(=O)[O-])c(OS(=O)(=O)[O-])c2)[C@@H](OC(=O)c2cc(OS(=O)(=O)[O-])c(OS(=O)(=O)[O-])c(OS(=O)(=O)[O-])c2)[C@@H]1OC(=O)c1cc(OS(=O)(=O)[O-])c(OS(=O)(=O)[O-])c(OS(=O)(=O)[O-])c1)c1cc(OS(=O)(=O)[O-])c(OS(=O)(=O)[O-])c(OS(=O)(=O)[O-])c1.[Na+].[Na+].[Na+].[Na+].[Na+].[Na+].[Na+].[Na+].[Na+].[Na+].[Na+].[Na+].[Na+].[Na+].[Na+]. The molecule has 101 heteroatoms. The molecule has 0 radical (unpaired) electrons. The Bertz CT molecular complexity index is 7000. The molecule has 5 aromatic rings. The number of hydrogen-bond acceptors (Lipinski definition) is 71. The third kappa shape index (κ3) is 60.9. The van der Waals surface area contributed by atoms with Gasteiger partial charge in [0.1, 0.15) is 12.7 Å². The fourth-order valence-corrected chi connectivity index (χ4v) is 13.9. The Balaban J connectivity index is -0.00000145. The molecule has 0 amide bonds. The van der Waals surface area contributed by atoms with Gasteiger partial charge in [0, 0.05) is 60.7 Å². The van der Waals surface area contributed by atoms with Crippen LogP contribution in [0.5, 0.6) is 86.2 Å². The van der Waals surface area contributed by atoms with E-state index in [4.69, 9.17) is 28.4 Å². The number of hydrogen-bond donors (Lipinski definition) is 0. The van der Waals surface area contributed by atoms with Crippen molar-refractivity contribution in [3.05, 3.63) is 88.5 Å². The zero-order valence-electron chi connectivity index (χ0n) is 72.0. The summed E-state index contributed by atoms with van der Waals surface area (Å²) in [4.78, 5) is 74.2. The molecule has 0 aromatic heterocycles. The number of esters is 5. The van der Waals surface area contributed by atoms with Gasteiger partial charge in [0.2, 0.25) is 41.1 Å². The third-order valence-electron chi connectivity index (χ3n) is 12.1. The van der Waals surface area contributed by atoms with Crippen molar-refractivity contribution in [2.75, 3.05) is 6.61 Å². The molecule has 5 atom stereocenters. The summed E-state index contributed by atoms with van der Waals surface area (Å²) in [6.07, 6.45) is -20.4. The van der Waals surface area contributed by atoms with E-state index in [0.29, 0.717) is 0 Å². The van der Waals surface area contributed by atoms with Crippen LogP contribution in [0.1, 0.15) is 51.8 Å². The van der Waals surface area contributed by atoms with Crippen LogP contribution < -0.4 is 506 Å². The molecule has 0 aliphatic carbocycles. The summed E-state index contributed by atoms with van der Waals surface area (Å²) in [7, 11) is -101. The molecule has 0 unspecified atom stereocenters. The molecular formula is C41H17Na15O71S15. The molecule has 712 valence electrons. The number of rotatable bonds is 41. The predicted molar refractivity (Wildman–Crippen MR) is 339 cm³/mol. The van der Waals surface area contributed by atoms with E-state index in [1.165, 1.54) is 0 Å². The van der Waals surface area contributed by atoms with E-state index in [1.807, 2.05) is 0 Å². The molecule has 142 heavy (non-hydrogen) atoms. The summed E-state index contributed by atoms with van der Waals surface area (Å²) < 4.78 is 626. The maximum Gasteiger partial charge on any atom is 1.00 e. The molecule has 5 aromatic carbocycles. The van der Waals surface area contributed by atoms with Crippen LogP contribution in [0.25, 0.3) is 0 Å². The third-order valence-corrected chi connectivity index (χ3v) is 17.7. The molecule has 1 aliphatic rings. The Morgan fingerprint density at radius 2 is 0.331 bits per heavy atom. The van der Waals surface area contributed by atoms with Crippen LogP contribution in [0.2, 0.25) is 0 Å². The Kier molecular flexibility index (Phi) is 75.4. The van der Waals surface area contributed by atoms with Crippen molar-refractivity contribution < 1.29 is 753 Å². The molecule has 0 N–H and O–H groups in total. The first kappa shape index (κ1) is 166. The summed E-state index contributed by atoms with van der Waals surface area (Å²) in [5.74, 6) is -52.2. The van der Waals surface area contributed by atoms with Crippen molar-refractivity contribution in [3.63, 3.8) is 0 Å². The van der Waals surface area contributed by atoms with Gasteiger partial charge in [-0.15, -0.1) is 0 Å². The van der Waals surface area contributed by atoms with Gasteiger partial charge < -0.3 is 159 Å². The van der Waals surface area contributed by atoms with E-state index in [0.717, 1.165) is 0 Å². The maximum absolute atomic E-state index is 15.1. The number of carbonyl (C=O) groups is 5. The summed E-state index contributed by atoms with van der Waals surface area (Å²) in [5, 5.41) is 0. The van der Waals surface area contributed by atoms with E-state index < -0.39 is 398 Å². The summed E-state index contributed by atoms with van der Waals surface area (Å²) in [6.45, 7) is -2.64. The molecule has 0 bridgehead atoms. The first-order chi connectivity index (χ1) is 56.7. The normalized spacial score (nSPS) is 14.8. The minimum absolute atomic E-state index is 0. The summed E-state index contributed by atoms with van der Waals surface area (Å²) >= 11 is 0. The van der Waals surface area contributed by atoms with Gasteiger partial charge in [0.25, 0.3) is 156 Å². The van der Waals surface area contributed by atoms with Crippen molar-refractivity contribution in [1.29, 1.82) is 0 Å². The standard InChI is InChI=1S/C41H32O71S15.15Na/c42-36(12-1-17(98-113(47,48)49)28(108-123(77,78)79)18(2-12)99-114(50,51)52)92-11-27-33(94-37(43)13-3-19(100-115(53,54)55)29(109-124(80,81)82)20(4-13)101-116(56,57)58)34(95-38(44)14-5-21(102-117(59,60)61)30(110-125(83,84)85)22(6-14)103-118(62,63)64)35(96-39(45)15-7-23(104-119(65,66)67)31(111-126(86,87)88)24(8-15)105-120(68,69)70)41(93-27)97-40(46)16-9-25(106-121(71,72)73)32(112-127(89,90)91)26(10-16)107-122(74,75)76;;;;;;;;;;;;;;;/h1-10,27,33-35,41H,11H2,(H,47,48,49)(H,50,51,52)(H,53,54,55)(H,56,57,58)(H,59,60,61)(H,62,63,64)(H,65,66,67)(H,68,69,70)(H,71,72,73)(H,74,75,76)(H,77,78,79)(H,80,81,82)(H,83,84,85)(H,86,87,88)(H,89,90,91);;;;;;;;;;;;;;;/q;15*+1/p-15/t27-,33-,34+,35-,41+;;;;;;;;;;;;;;;/m1.............../s1. The smallest absolute Gasteiger partial charge is 0.716 e. The summed E-state index contributed by atoms with van der Waals surface area (Å²) in [6, 6.07) is -6.15. The number of ether oxygens (including phenoxy) is 6. The molecule has 6 rings (SSSR count). The van der Waals surface area contributed by atoms with Crippen molar-refractivity contribution >= 4 is 186 Å². The Morgan fingerprint density at radius 3 is 0.486 bits per heavy atom. The second-order valence-electron chi connectivity index (χ2n) is 21.0. The zero-order chi connectivity index (χ0) is 97.4. The van der Waals surface area contributed by atoms with E-state index in [9.17, 15) is 214 Å². The van der Waals surface area contributed by atoms with Gasteiger partial charge in [-0.2, -0.15) is 0 Å². The molecule has 0 saturated carbocycles. The quantitative estimate of drug-likeness (QED) is 0.0115. The molecule has 1 aliphatic heterocycles. The number of carbonyl (C=O) groups excluding carboxylic acids is 5. The van der Waals surface area contributed by atoms with Crippen molar-refractivity contribution in [3.8, 4) is 86.2 Å². The Labute approximate surface area is 1130 Å². The Morgan fingerprint density at radius 1 is 0.197 bits per heavy atom. The van der Waals surface area contributed by atoms with Gasteiger partial charge in [-0.3, -0.25) is 0 Å². The van der Waals surface area contributed by atoms with Gasteiger partial charge in [-0.25, -0.2) is 150 Å². The van der Waals surface area contributed by atoms with Crippen LogP contribution in [0.3, 0.4) is 0 Å². The van der Waals surface area contributed by atoms with E-state index in [1.54, 1.807) is 0 Å². The summed E-state index contributed by atoms with van der Waals surface area (Å²) in [5.41, 5.74) is -10.9. The fraction of sp³-hybridized carbons (Fsp3) is 0.146. The zero-order valence-corrected chi connectivity index (χ0v) is 114. The fourth-order valence-electron chi connectivity index (χ4n) is 8.61. The topological polar surface area (TPSA) is 1140 Å². The minimum atomic E-state index is -6.83. The van der Waals surface area contributed by atoms with Crippen LogP contribution in [0.15, 0.2) is 60.7 Å². The van der Waals surface area contributed by atoms with Crippen molar-refractivity contribution in [2.45, 2.75) is 30.7 Å². The monoisotopic (exact) mass is 2470 g/mol. The average molecular weight is 2470 g/mol. The maximum atomic E-state index is 15.1. The van der Waals surface area contributed by atoms with Gasteiger partial charge in [0.05, 0.1) is 27.8 Å². The average Bonchev–Trinajstić information content (AvgIpc) is 0.761. The van der Waals surface area contributed by atoms with Crippen molar-refractivity contribution in [1.82, 2.24) is 0 Å².